The monoisotopic (exact) mass is 361 g/mol. The van der Waals surface area contributed by atoms with Gasteiger partial charge in [-0.2, -0.15) is 5.26 Å². The van der Waals surface area contributed by atoms with Gasteiger partial charge in [-0.3, -0.25) is 14.9 Å². The van der Waals surface area contributed by atoms with Crippen LogP contribution >= 0.6 is 0 Å². The third-order valence-electron chi connectivity index (χ3n) is 3.76. The van der Waals surface area contributed by atoms with Crippen LogP contribution in [0.4, 0.5) is 5.69 Å². The van der Waals surface area contributed by atoms with Crippen molar-refractivity contribution in [1.82, 2.24) is 5.32 Å². The lowest BCUT2D eigenvalue weighted by Crippen LogP contribution is -2.32. The summed E-state index contributed by atoms with van der Waals surface area (Å²) in [5.74, 6) is -1.29. The van der Waals surface area contributed by atoms with E-state index in [0.717, 1.165) is 18.9 Å². The van der Waals surface area contributed by atoms with Crippen LogP contribution in [-0.2, 0) is 9.53 Å². The van der Waals surface area contributed by atoms with Gasteiger partial charge in [0.15, 0.2) is 5.75 Å². The number of nitro benzene ring substituents is 1. The standard InChI is InChI=1S/C17H19N3O6/c1-2-25-15-8-11(7-14(16(15)21)20(23)24)6-12(9-18)17(22)19-10-13-4-3-5-26-13/h6-8,13,21H,2-5,10H2,1H3,(H,19,22)/b12-6+/t13-/m0/s1. The SMILES string of the molecule is CCOc1cc(/C=C(\C#N)C(=O)NC[C@@H]2CCCO2)cc([N+](=O)[O-])c1O. The molecule has 2 rings (SSSR count). The number of nitrogens with one attached hydrogen (secondary N) is 1. The number of nitrogens with zero attached hydrogens (tertiary/aromatic N) is 2. The summed E-state index contributed by atoms with van der Waals surface area (Å²) >= 11 is 0. The molecule has 0 unspecified atom stereocenters. The number of aromatic hydroxyl groups is 1. The molecule has 26 heavy (non-hydrogen) atoms. The molecule has 1 heterocycles. The zero-order valence-corrected chi connectivity index (χ0v) is 14.2. The smallest absolute Gasteiger partial charge is 0.315 e. The number of amides is 1. The largest absolute Gasteiger partial charge is 0.500 e. The van der Waals surface area contributed by atoms with Crippen molar-refractivity contribution in [2.24, 2.45) is 0 Å². The van der Waals surface area contributed by atoms with Crippen molar-refractivity contribution >= 4 is 17.7 Å². The van der Waals surface area contributed by atoms with E-state index in [4.69, 9.17) is 9.47 Å². The van der Waals surface area contributed by atoms with Crippen LogP contribution in [0.1, 0.15) is 25.3 Å². The quantitative estimate of drug-likeness (QED) is 0.328. The van der Waals surface area contributed by atoms with Gasteiger partial charge in [0.25, 0.3) is 5.91 Å². The molecule has 0 saturated carbocycles. The van der Waals surface area contributed by atoms with Crippen LogP contribution in [-0.4, -0.2) is 41.8 Å². The first-order chi connectivity index (χ1) is 12.5. The molecule has 9 heteroatoms. The van der Waals surface area contributed by atoms with Crippen molar-refractivity contribution in [3.63, 3.8) is 0 Å². The van der Waals surface area contributed by atoms with Crippen molar-refractivity contribution < 1.29 is 24.3 Å². The molecule has 1 amide bonds. The van der Waals surface area contributed by atoms with Crippen LogP contribution < -0.4 is 10.1 Å². The number of benzene rings is 1. The minimum absolute atomic E-state index is 0.0711. The maximum absolute atomic E-state index is 12.2. The van der Waals surface area contributed by atoms with E-state index >= 15 is 0 Å². The van der Waals surface area contributed by atoms with E-state index < -0.39 is 22.3 Å². The Bertz CT molecular complexity index is 762. The normalized spacial score (nSPS) is 16.8. The van der Waals surface area contributed by atoms with E-state index in [1.54, 1.807) is 13.0 Å². The van der Waals surface area contributed by atoms with E-state index in [1.165, 1.54) is 12.1 Å². The number of carbonyl (C=O) groups excluding carboxylic acids is 1. The number of ether oxygens (including phenoxy) is 2. The van der Waals surface area contributed by atoms with Gasteiger partial charge in [0, 0.05) is 19.2 Å². The maximum Gasteiger partial charge on any atom is 0.315 e. The topological polar surface area (TPSA) is 135 Å². The van der Waals surface area contributed by atoms with Gasteiger partial charge in [0.05, 0.1) is 17.6 Å². The molecule has 1 fully saturated rings. The molecule has 2 N–H and O–H groups in total. The van der Waals surface area contributed by atoms with Gasteiger partial charge >= 0.3 is 5.69 Å². The molecule has 0 spiro atoms. The van der Waals surface area contributed by atoms with Crippen molar-refractivity contribution in [1.29, 1.82) is 5.26 Å². The number of rotatable bonds is 7. The number of hydrogen-bond acceptors (Lipinski definition) is 7. The highest BCUT2D eigenvalue weighted by molar-refractivity contribution is 6.01. The fourth-order valence-corrected chi connectivity index (χ4v) is 2.52. The second-order valence-corrected chi connectivity index (χ2v) is 5.59. The molecule has 0 radical (unpaired) electrons. The number of nitro groups is 1. The first kappa shape index (κ1) is 19.2. The highest BCUT2D eigenvalue weighted by Crippen LogP contribution is 2.37. The van der Waals surface area contributed by atoms with Gasteiger partial charge in [0.1, 0.15) is 11.6 Å². The summed E-state index contributed by atoms with van der Waals surface area (Å²) < 4.78 is 10.6. The summed E-state index contributed by atoms with van der Waals surface area (Å²) in [4.78, 5) is 22.5. The molecule has 138 valence electrons. The van der Waals surface area contributed by atoms with Crippen molar-refractivity contribution in [2.45, 2.75) is 25.9 Å². The Morgan fingerprint density at radius 3 is 2.96 bits per heavy atom. The number of phenolic OH excluding ortho intramolecular Hbond substituents is 1. The molecule has 1 aliphatic rings. The Balaban J connectivity index is 2.24. The third kappa shape index (κ3) is 4.70. The van der Waals surface area contributed by atoms with Crippen LogP contribution in [0.2, 0.25) is 0 Å². The summed E-state index contributed by atoms with van der Waals surface area (Å²) in [5.41, 5.74) is -0.591. The van der Waals surface area contributed by atoms with E-state index in [1.807, 2.05) is 0 Å². The average molecular weight is 361 g/mol. The highest BCUT2D eigenvalue weighted by atomic mass is 16.6. The van der Waals surface area contributed by atoms with Gasteiger partial charge in [-0.15, -0.1) is 0 Å². The lowest BCUT2D eigenvalue weighted by molar-refractivity contribution is -0.386. The van der Waals surface area contributed by atoms with Gasteiger partial charge < -0.3 is 19.9 Å². The van der Waals surface area contributed by atoms with E-state index in [0.29, 0.717) is 6.61 Å². The van der Waals surface area contributed by atoms with Crippen LogP contribution in [0.25, 0.3) is 6.08 Å². The van der Waals surface area contributed by atoms with Crippen LogP contribution in [0.5, 0.6) is 11.5 Å². The average Bonchev–Trinajstić information content (AvgIpc) is 3.13. The van der Waals surface area contributed by atoms with E-state index in [2.05, 4.69) is 5.32 Å². The van der Waals surface area contributed by atoms with Crippen LogP contribution in [0.15, 0.2) is 17.7 Å². The first-order valence-electron chi connectivity index (χ1n) is 8.12. The molecule has 0 aromatic heterocycles. The predicted molar refractivity (Wildman–Crippen MR) is 91.5 cm³/mol. The Hall–Kier alpha value is -3.12. The molecule has 1 aliphatic heterocycles. The molecule has 0 aliphatic carbocycles. The van der Waals surface area contributed by atoms with E-state index in [-0.39, 0.29) is 36.1 Å². The van der Waals surface area contributed by atoms with Gasteiger partial charge in [0.2, 0.25) is 5.75 Å². The number of nitriles is 1. The van der Waals surface area contributed by atoms with Gasteiger partial charge in [-0.05, 0) is 37.5 Å². The highest BCUT2D eigenvalue weighted by Gasteiger charge is 2.21. The molecule has 1 atom stereocenters. The van der Waals surface area contributed by atoms with Gasteiger partial charge in [-0.1, -0.05) is 0 Å². The van der Waals surface area contributed by atoms with Crippen LogP contribution in [0, 0.1) is 21.4 Å². The summed E-state index contributed by atoms with van der Waals surface area (Å²) in [7, 11) is 0. The Kier molecular flexibility index (Phi) is 6.52. The van der Waals surface area contributed by atoms with E-state index in [9.17, 15) is 25.3 Å². The Morgan fingerprint density at radius 2 is 2.38 bits per heavy atom. The summed E-state index contributed by atoms with van der Waals surface area (Å²) in [5, 5.41) is 32.8. The number of phenols is 1. The lowest BCUT2D eigenvalue weighted by atomic mass is 10.1. The molecule has 9 nitrogen and oxygen atoms in total. The van der Waals surface area contributed by atoms with Crippen molar-refractivity contribution in [3.05, 3.63) is 33.4 Å². The summed E-state index contributed by atoms with van der Waals surface area (Å²) in [6.07, 6.45) is 2.91. The van der Waals surface area contributed by atoms with Crippen LogP contribution in [0.3, 0.4) is 0 Å². The molecule has 0 bridgehead atoms. The van der Waals surface area contributed by atoms with Crippen molar-refractivity contribution in [2.75, 3.05) is 19.8 Å². The maximum atomic E-state index is 12.2. The van der Waals surface area contributed by atoms with Crippen molar-refractivity contribution in [3.8, 4) is 17.6 Å². The summed E-state index contributed by atoms with van der Waals surface area (Å²) in [6, 6.07) is 4.18. The fourth-order valence-electron chi connectivity index (χ4n) is 2.52. The minimum atomic E-state index is -0.765. The zero-order valence-electron chi connectivity index (χ0n) is 14.2. The fraction of sp³-hybridized carbons (Fsp3) is 0.412. The molecule has 1 aromatic rings. The number of carbonyl (C=O) groups is 1. The number of hydrogen-bond donors (Lipinski definition) is 2. The molecule has 1 aromatic carbocycles. The second kappa shape index (κ2) is 8.82. The first-order valence-corrected chi connectivity index (χ1v) is 8.12. The molecular formula is C17H19N3O6. The third-order valence-corrected chi connectivity index (χ3v) is 3.76. The molecular weight excluding hydrogens is 342 g/mol. The minimum Gasteiger partial charge on any atom is -0.500 e. The van der Waals surface area contributed by atoms with Gasteiger partial charge in [-0.25, -0.2) is 0 Å². The Labute approximate surface area is 150 Å². The zero-order chi connectivity index (χ0) is 19.1. The molecule has 1 saturated heterocycles. The summed E-state index contributed by atoms with van der Waals surface area (Å²) in [6.45, 7) is 2.79. The predicted octanol–water partition coefficient (Wildman–Crippen LogP) is 1.90. The Morgan fingerprint density at radius 1 is 1.62 bits per heavy atom. The lowest BCUT2D eigenvalue weighted by Gasteiger charge is -2.10. The second-order valence-electron chi connectivity index (χ2n) is 5.59.